The van der Waals surface area contributed by atoms with E-state index in [0.717, 1.165) is 0 Å². The summed E-state index contributed by atoms with van der Waals surface area (Å²) in [5.74, 6) is 0.327. The molecule has 0 aromatic heterocycles. The molecule has 0 bridgehead atoms. The average Bonchev–Trinajstić information content (AvgIpc) is 2.63. The van der Waals surface area contributed by atoms with Crippen molar-refractivity contribution >= 4 is 23.6 Å². The van der Waals surface area contributed by atoms with E-state index in [0.29, 0.717) is 30.1 Å². The lowest BCUT2D eigenvalue weighted by molar-refractivity contribution is -0.129. The third-order valence-electron chi connectivity index (χ3n) is 4.78. The van der Waals surface area contributed by atoms with Gasteiger partial charge >= 0.3 is 6.09 Å². The van der Waals surface area contributed by atoms with Gasteiger partial charge in [-0.3, -0.25) is 9.59 Å². The van der Waals surface area contributed by atoms with Crippen molar-refractivity contribution in [2.75, 3.05) is 32.5 Å². The number of hydrogen-bond acceptors (Lipinski definition) is 5. The maximum Gasteiger partial charge on any atom is 0.410 e. The Balaban J connectivity index is 2.29. The highest BCUT2D eigenvalue weighted by atomic mass is 16.6. The fourth-order valence-corrected chi connectivity index (χ4v) is 3.24. The van der Waals surface area contributed by atoms with Crippen molar-refractivity contribution in [1.29, 1.82) is 0 Å². The Morgan fingerprint density at radius 1 is 1.33 bits per heavy atom. The fourth-order valence-electron chi connectivity index (χ4n) is 3.24. The van der Waals surface area contributed by atoms with E-state index in [-0.39, 0.29) is 30.3 Å². The van der Waals surface area contributed by atoms with Gasteiger partial charge in [0.15, 0.2) is 0 Å². The monoisotopic (exact) mass is 419 g/mol. The Kier molecular flexibility index (Phi) is 7.34. The summed E-state index contributed by atoms with van der Waals surface area (Å²) < 4.78 is 11.7. The zero-order chi connectivity index (χ0) is 22.6. The number of nitrogens with zero attached hydrogens (tertiary/aromatic N) is 2. The van der Waals surface area contributed by atoms with Gasteiger partial charge in [-0.05, 0) is 39.0 Å². The molecule has 1 aliphatic heterocycles. The van der Waals surface area contributed by atoms with Gasteiger partial charge < -0.3 is 24.6 Å². The Bertz CT molecular complexity index is 802. The summed E-state index contributed by atoms with van der Waals surface area (Å²) >= 11 is 0. The highest BCUT2D eigenvalue weighted by Gasteiger charge is 2.30. The molecule has 0 spiro atoms. The third-order valence-corrected chi connectivity index (χ3v) is 4.78. The standard InChI is InChI=1S/C22H33N3O5/c1-14-12-24(6)20(27)11-16-10-17(23-15(2)26)8-9-18(16)29-19(14)13-25(7)21(28)30-22(3,4)5/h8-10,14,19H,11-13H2,1-7H3,(H,23,26)/t14-,19-/m0/s1. The van der Waals surface area contributed by atoms with Crippen LogP contribution in [0.5, 0.6) is 5.75 Å². The molecule has 3 amide bonds. The maximum atomic E-state index is 12.7. The predicted molar refractivity (Wildman–Crippen MR) is 115 cm³/mol. The highest BCUT2D eigenvalue weighted by molar-refractivity contribution is 5.89. The van der Waals surface area contributed by atoms with Crippen molar-refractivity contribution < 1.29 is 23.9 Å². The number of fused-ring (bicyclic) bond motifs is 1. The lowest BCUT2D eigenvalue weighted by Gasteiger charge is -2.31. The van der Waals surface area contributed by atoms with E-state index < -0.39 is 11.7 Å². The second kappa shape index (κ2) is 9.36. The summed E-state index contributed by atoms with van der Waals surface area (Å²) in [6.07, 6.45) is -0.606. The van der Waals surface area contributed by atoms with Crippen molar-refractivity contribution in [2.24, 2.45) is 5.92 Å². The van der Waals surface area contributed by atoms with E-state index in [2.05, 4.69) is 5.32 Å². The van der Waals surface area contributed by atoms with Crippen LogP contribution in [0.2, 0.25) is 0 Å². The molecule has 1 aromatic rings. The zero-order valence-corrected chi connectivity index (χ0v) is 18.9. The third kappa shape index (κ3) is 6.64. The molecule has 1 aromatic carbocycles. The molecule has 0 saturated heterocycles. The molecule has 1 heterocycles. The summed E-state index contributed by atoms with van der Waals surface area (Å²) in [5.41, 5.74) is 0.711. The van der Waals surface area contributed by atoms with E-state index in [4.69, 9.17) is 9.47 Å². The van der Waals surface area contributed by atoms with Gasteiger partial charge in [0, 0.05) is 44.7 Å². The number of carbonyl (C=O) groups excluding carboxylic acids is 3. The normalized spacial score (nSPS) is 19.6. The predicted octanol–water partition coefficient (Wildman–Crippen LogP) is 2.91. The van der Waals surface area contributed by atoms with Crippen molar-refractivity contribution in [2.45, 2.75) is 52.7 Å². The van der Waals surface area contributed by atoms with Crippen LogP contribution >= 0.6 is 0 Å². The van der Waals surface area contributed by atoms with E-state index in [1.54, 1.807) is 37.2 Å². The molecule has 1 aliphatic rings. The van der Waals surface area contributed by atoms with Gasteiger partial charge in [0.1, 0.15) is 17.5 Å². The van der Waals surface area contributed by atoms with Crippen LogP contribution in [0, 0.1) is 5.92 Å². The number of anilines is 1. The smallest absolute Gasteiger partial charge is 0.410 e. The molecule has 166 valence electrons. The Morgan fingerprint density at radius 3 is 2.60 bits per heavy atom. The van der Waals surface area contributed by atoms with Gasteiger partial charge in [-0.2, -0.15) is 0 Å². The minimum Gasteiger partial charge on any atom is -0.488 e. The average molecular weight is 420 g/mol. The van der Waals surface area contributed by atoms with Crippen LogP contribution in [0.25, 0.3) is 0 Å². The van der Waals surface area contributed by atoms with Gasteiger partial charge in [-0.25, -0.2) is 4.79 Å². The molecule has 2 atom stereocenters. The highest BCUT2D eigenvalue weighted by Crippen LogP contribution is 2.28. The van der Waals surface area contributed by atoms with Crippen molar-refractivity contribution in [3.63, 3.8) is 0 Å². The second-order valence-electron chi connectivity index (χ2n) is 8.95. The molecule has 0 aliphatic carbocycles. The largest absolute Gasteiger partial charge is 0.488 e. The van der Waals surface area contributed by atoms with Crippen molar-refractivity contribution in [3.05, 3.63) is 23.8 Å². The van der Waals surface area contributed by atoms with Gasteiger partial charge in [0.25, 0.3) is 0 Å². The number of rotatable bonds is 3. The van der Waals surface area contributed by atoms with E-state index in [1.807, 2.05) is 27.7 Å². The van der Waals surface area contributed by atoms with Crippen LogP contribution in [-0.4, -0.2) is 66.6 Å². The molecule has 0 unspecified atom stereocenters. The maximum absolute atomic E-state index is 12.7. The first-order chi connectivity index (χ1) is 13.9. The van der Waals surface area contributed by atoms with E-state index in [9.17, 15) is 14.4 Å². The van der Waals surface area contributed by atoms with Crippen LogP contribution in [-0.2, 0) is 20.7 Å². The summed E-state index contributed by atoms with van der Waals surface area (Å²) in [6, 6.07) is 5.26. The van der Waals surface area contributed by atoms with E-state index in [1.165, 1.54) is 11.8 Å². The van der Waals surface area contributed by atoms with Gasteiger partial charge in [0.05, 0.1) is 13.0 Å². The zero-order valence-electron chi connectivity index (χ0n) is 18.9. The van der Waals surface area contributed by atoms with Crippen LogP contribution in [0.15, 0.2) is 18.2 Å². The first kappa shape index (κ1) is 23.5. The molecule has 30 heavy (non-hydrogen) atoms. The number of carbonyl (C=O) groups is 3. The van der Waals surface area contributed by atoms with Crippen molar-refractivity contribution in [3.8, 4) is 5.75 Å². The van der Waals surface area contributed by atoms with Crippen LogP contribution < -0.4 is 10.1 Å². The molecule has 0 saturated carbocycles. The number of likely N-dealkylation sites (N-methyl/N-ethyl adjacent to an activating group) is 2. The number of ether oxygens (including phenoxy) is 2. The molecule has 0 fully saturated rings. The molecule has 1 N–H and O–H groups in total. The van der Waals surface area contributed by atoms with Crippen LogP contribution in [0.3, 0.4) is 0 Å². The lowest BCUT2D eigenvalue weighted by atomic mass is 10.0. The van der Waals surface area contributed by atoms with Gasteiger partial charge in [-0.1, -0.05) is 6.92 Å². The Morgan fingerprint density at radius 2 is 2.00 bits per heavy atom. The summed E-state index contributed by atoms with van der Waals surface area (Å²) in [7, 11) is 3.43. The van der Waals surface area contributed by atoms with E-state index >= 15 is 0 Å². The van der Waals surface area contributed by atoms with Gasteiger partial charge in [-0.15, -0.1) is 0 Å². The molecule has 8 heteroatoms. The SMILES string of the molecule is CC(=O)Nc1ccc2c(c1)CC(=O)N(C)C[C@H](C)[C@H](CN(C)C(=O)OC(C)(C)C)O2. The Hall–Kier alpha value is -2.77. The Labute approximate surface area is 178 Å². The number of hydrogen-bond donors (Lipinski definition) is 1. The summed E-state index contributed by atoms with van der Waals surface area (Å²) in [6.45, 7) is 9.70. The number of nitrogens with one attached hydrogen (secondary N) is 1. The number of benzene rings is 1. The number of amides is 3. The first-order valence-electron chi connectivity index (χ1n) is 10.1. The minimum absolute atomic E-state index is 0.0233. The quantitative estimate of drug-likeness (QED) is 0.814. The first-order valence-corrected chi connectivity index (χ1v) is 10.1. The molecular formula is C22H33N3O5. The fraction of sp³-hybridized carbons (Fsp3) is 0.591. The minimum atomic E-state index is -0.588. The lowest BCUT2D eigenvalue weighted by Crippen LogP contribution is -2.45. The molecule has 0 radical (unpaired) electrons. The molecule has 8 nitrogen and oxygen atoms in total. The van der Waals surface area contributed by atoms with Crippen LogP contribution in [0.1, 0.15) is 40.2 Å². The summed E-state index contributed by atoms with van der Waals surface area (Å²) in [5, 5.41) is 2.73. The van der Waals surface area contributed by atoms with Crippen LogP contribution in [0.4, 0.5) is 10.5 Å². The molecular weight excluding hydrogens is 386 g/mol. The summed E-state index contributed by atoms with van der Waals surface area (Å²) in [4.78, 5) is 39.6. The van der Waals surface area contributed by atoms with Crippen molar-refractivity contribution in [1.82, 2.24) is 9.80 Å². The molecule has 2 rings (SSSR count). The van der Waals surface area contributed by atoms with Gasteiger partial charge in [0.2, 0.25) is 11.8 Å². The second-order valence-corrected chi connectivity index (χ2v) is 8.95. The topological polar surface area (TPSA) is 88.2 Å².